The van der Waals surface area contributed by atoms with E-state index in [0.29, 0.717) is 0 Å². The molecule has 124 valence electrons. The second-order valence-corrected chi connectivity index (χ2v) is 7.03. The van der Waals surface area contributed by atoms with E-state index in [-0.39, 0.29) is 0 Å². The Morgan fingerprint density at radius 3 is 2.38 bits per heavy atom. The summed E-state index contributed by atoms with van der Waals surface area (Å²) in [6, 6.07) is 26.8. The fourth-order valence-corrected chi connectivity index (χ4v) is 3.74. The van der Waals surface area contributed by atoms with Gasteiger partial charge in [0.05, 0.1) is 22.4 Å². The number of nitrogens with zero attached hydrogens (tertiary/aromatic N) is 3. The van der Waals surface area contributed by atoms with Crippen LogP contribution in [0.15, 0.2) is 89.5 Å². The molecule has 0 aliphatic rings. The van der Waals surface area contributed by atoms with Crippen LogP contribution < -0.4 is 0 Å². The minimum Gasteiger partial charge on any atom is -0.294 e. The van der Waals surface area contributed by atoms with Crippen LogP contribution in [0.1, 0.15) is 0 Å². The fourth-order valence-electron chi connectivity index (χ4n) is 3.40. The van der Waals surface area contributed by atoms with Crippen molar-refractivity contribution >= 4 is 37.7 Å². The summed E-state index contributed by atoms with van der Waals surface area (Å²) in [4.78, 5) is 9.33. The van der Waals surface area contributed by atoms with Crippen LogP contribution in [0.25, 0.3) is 39.0 Å². The molecule has 0 saturated heterocycles. The van der Waals surface area contributed by atoms with E-state index in [1.165, 1.54) is 10.8 Å². The Morgan fingerprint density at radius 2 is 1.50 bits per heavy atom. The van der Waals surface area contributed by atoms with Crippen molar-refractivity contribution in [3.05, 3.63) is 89.5 Å². The number of benzene rings is 2. The van der Waals surface area contributed by atoms with Crippen LogP contribution in [-0.2, 0) is 0 Å². The number of hydrogen-bond acceptors (Lipinski definition) is 2. The van der Waals surface area contributed by atoms with Gasteiger partial charge in [0.25, 0.3) is 0 Å². The normalized spacial score (nSPS) is 11.3. The monoisotopic (exact) mass is 399 g/mol. The van der Waals surface area contributed by atoms with Crippen molar-refractivity contribution in [2.75, 3.05) is 0 Å². The summed E-state index contributed by atoms with van der Waals surface area (Å²) < 4.78 is 3.26. The van der Waals surface area contributed by atoms with Crippen LogP contribution in [-0.4, -0.2) is 14.5 Å². The molecule has 0 unspecified atom stereocenters. The second kappa shape index (κ2) is 6.07. The number of fused-ring (bicyclic) bond motifs is 3. The molecule has 0 saturated carbocycles. The summed E-state index contributed by atoms with van der Waals surface area (Å²) in [6.07, 6.45) is 1.79. The molecule has 3 nitrogen and oxygen atoms in total. The van der Waals surface area contributed by atoms with Crippen molar-refractivity contribution in [1.82, 2.24) is 14.5 Å². The van der Waals surface area contributed by atoms with Crippen LogP contribution in [0.3, 0.4) is 0 Å². The van der Waals surface area contributed by atoms with Crippen LogP contribution in [0.2, 0.25) is 0 Å². The third kappa shape index (κ3) is 2.42. The van der Waals surface area contributed by atoms with Gasteiger partial charge in [0.1, 0.15) is 5.82 Å². The van der Waals surface area contributed by atoms with Gasteiger partial charge >= 0.3 is 0 Å². The third-order valence-electron chi connectivity index (χ3n) is 4.53. The van der Waals surface area contributed by atoms with Crippen molar-refractivity contribution in [3.63, 3.8) is 0 Å². The number of halogens is 1. The smallest absolute Gasteiger partial charge is 0.138 e. The molecule has 4 heteroatoms. The van der Waals surface area contributed by atoms with Gasteiger partial charge in [-0.05, 0) is 42.5 Å². The van der Waals surface area contributed by atoms with E-state index in [1.54, 1.807) is 6.20 Å². The molecule has 5 aromatic rings. The molecule has 0 bridgehead atoms. The highest BCUT2D eigenvalue weighted by molar-refractivity contribution is 9.10. The molecule has 0 radical (unpaired) electrons. The predicted molar refractivity (Wildman–Crippen MR) is 110 cm³/mol. The number of rotatable bonds is 2. The molecule has 0 fully saturated rings. The molecule has 5 rings (SSSR count). The van der Waals surface area contributed by atoms with E-state index < -0.39 is 0 Å². The highest BCUT2D eigenvalue weighted by atomic mass is 79.9. The zero-order valence-electron chi connectivity index (χ0n) is 13.8. The summed E-state index contributed by atoms with van der Waals surface area (Å²) >= 11 is 3.60. The molecule has 0 aliphatic carbocycles. The summed E-state index contributed by atoms with van der Waals surface area (Å²) in [5, 5.41) is 2.44. The minimum atomic E-state index is 0.865. The molecule has 0 atom stereocenters. The predicted octanol–water partition coefficient (Wildman–Crippen LogP) is 6.00. The van der Waals surface area contributed by atoms with Crippen LogP contribution in [0, 0.1) is 0 Å². The first-order valence-corrected chi connectivity index (χ1v) is 9.18. The molecule has 3 heterocycles. The molecule has 0 N–H and O–H groups in total. The van der Waals surface area contributed by atoms with Crippen LogP contribution >= 0.6 is 15.9 Å². The van der Waals surface area contributed by atoms with Gasteiger partial charge in [-0.3, -0.25) is 9.55 Å². The summed E-state index contributed by atoms with van der Waals surface area (Å²) in [6.45, 7) is 0. The van der Waals surface area contributed by atoms with Crippen molar-refractivity contribution in [1.29, 1.82) is 0 Å². The highest BCUT2D eigenvalue weighted by Crippen LogP contribution is 2.33. The lowest BCUT2D eigenvalue weighted by Crippen LogP contribution is -1.98. The standard InChI is InChI=1S/C22H14BrN3/c23-15-11-12-17-16-6-1-2-9-20(16)26(21(17)14-15)22-10-5-8-19(25-22)18-7-3-4-13-24-18/h1-14H. The van der Waals surface area contributed by atoms with Gasteiger partial charge < -0.3 is 0 Å². The highest BCUT2D eigenvalue weighted by Gasteiger charge is 2.13. The summed E-state index contributed by atoms with van der Waals surface area (Å²) in [7, 11) is 0. The number of aromatic nitrogens is 3. The topological polar surface area (TPSA) is 30.7 Å². The lowest BCUT2D eigenvalue weighted by molar-refractivity contribution is 1.08. The average molecular weight is 400 g/mol. The first-order chi connectivity index (χ1) is 12.8. The number of para-hydroxylation sites is 1. The van der Waals surface area contributed by atoms with Gasteiger partial charge in [0, 0.05) is 21.4 Å². The van der Waals surface area contributed by atoms with Gasteiger partial charge in [-0.15, -0.1) is 0 Å². The van der Waals surface area contributed by atoms with Gasteiger partial charge in [-0.25, -0.2) is 4.98 Å². The van der Waals surface area contributed by atoms with Crippen molar-refractivity contribution in [3.8, 4) is 17.2 Å². The van der Waals surface area contributed by atoms with Crippen molar-refractivity contribution < 1.29 is 0 Å². The quantitative estimate of drug-likeness (QED) is 0.364. The maximum absolute atomic E-state index is 4.90. The minimum absolute atomic E-state index is 0.865. The second-order valence-electron chi connectivity index (χ2n) is 6.11. The average Bonchev–Trinajstić information content (AvgIpc) is 3.02. The van der Waals surface area contributed by atoms with E-state index >= 15 is 0 Å². The molecule has 3 aromatic heterocycles. The Bertz CT molecular complexity index is 1240. The summed E-state index contributed by atoms with van der Waals surface area (Å²) in [5.41, 5.74) is 4.01. The van der Waals surface area contributed by atoms with Crippen LogP contribution in [0.4, 0.5) is 0 Å². The molecule has 0 amide bonds. The Hall–Kier alpha value is -2.98. The van der Waals surface area contributed by atoms with Gasteiger partial charge in [-0.2, -0.15) is 0 Å². The van der Waals surface area contributed by atoms with E-state index in [2.05, 4.69) is 67.9 Å². The van der Waals surface area contributed by atoms with E-state index in [4.69, 9.17) is 4.98 Å². The van der Waals surface area contributed by atoms with E-state index in [0.717, 1.165) is 32.7 Å². The van der Waals surface area contributed by atoms with Crippen LogP contribution in [0.5, 0.6) is 0 Å². The van der Waals surface area contributed by atoms with Crippen molar-refractivity contribution in [2.24, 2.45) is 0 Å². The largest absolute Gasteiger partial charge is 0.294 e. The zero-order chi connectivity index (χ0) is 17.5. The van der Waals surface area contributed by atoms with Gasteiger partial charge in [-0.1, -0.05) is 52.3 Å². The Morgan fingerprint density at radius 1 is 0.692 bits per heavy atom. The Balaban J connectivity index is 1.83. The number of hydrogen-bond donors (Lipinski definition) is 0. The summed E-state index contributed by atoms with van der Waals surface area (Å²) in [5.74, 6) is 0.887. The molecular formula is C22H14BrN3. The van der Waals surface area contributed by atoms with E-state index in [1.807, 2.05) is 36.4 Å². The Labute approximate surface area is 159 Å². The SMILES string of the molecule is Brc1ccc2c3ccccc3n(-c3cccc(-c4ccccn4)n3)c2c1. The van der Waals surface area contributed by atoms with Crippen molar-refractivity contribution in [2.45, 2.75) is 0 Å². The molecule has 0 spiro atoms. The first kappa shape index (κ1) is 15.3. The maximum Gasteiger partial charge on any atom is 0.138 e. The maximum atomic E-state index is 4.90. The third-order valence-corrected chi connectivity index (χ3v) is 5.02. The zero-order valence-corrected chi connectivity index (χ0v) is 15.4. The number of pyridine rings is 2. The molecule has 0 aliphatic heterocycles. The van der Waals surface area contributed by atoms with Gasteiger partial charge in [0.2, 0.25) is 0 Å². The fraction of sp³-hybridized carbons (Fsp3) is 0. The molecular weight excluding hydrogens is 386 g/mol. The lowest BCUT2D eigenvalue weighted by atomic mass is 10.2. The van der Waals surface area contributed by atoms with E-state index in [9.17, 15) is 0 Å². The molecule has 2 aromatic carbocycles. The lowest BCUT2D eigenvalue weighted by Gasteiger charge is -2.09. The first-order valence-electron chi connectivity index (χ1n) is 8.39. The van der Waals surface area contributed by atoms with Gasteiger partial charge in [0.15, 0.2) is 0 Å². The Kier molecular flexibility index (Phi) is 3.57. The molecule has 26 heavy (non-hydrogen) atoms.